The Bertz CT molecular complexity index is 495. The average molecular weight is 243 g/mol. The maximum atomic E-state index is 11.3. The molecule has 0 aliphatic heterocycles. The average Bonchev–Trinajstić information content (AvgIpc) is 2.14. The minimum Gasteiger partial charge on any atom is -0.481 e. The zero-order valence-electron chi connectivity index (χ0n) is 9.04. The molecule has 0 heterocycles. The van der Waals surface area contributed by atoms with E-state index in [4.69, 9.17) is 5.11 Å². The molecule has 16 heavy (non-hydrogen) atoms. The molecule has 0 aliphatic carbocycles. The summed E-state index contributed by atoms with van der Waals surface area (Å²) in [5.74, 6) is -0.945. The van der Waals surface area contributed by atoms with Crippen LogP contribution in [-0.2, 0) is 21.2 Å². The normalized spacial score (nSPS) is 11.1. The van der Waals surface area contributed by atoms with E-state index in [-0.39, 0.29) is 6.42 Å². The number of anilines is 1. The van der Waals surface area contributed by atoms with E-state index in [9.17, 15) is 13.2 Å². The number of rotatable bonds is 4. The zero-order valence-corrected chi connectivity index (χ0v) is 9.86. The van der Waals surface area contributed by atoms with Crippen LogP contribution in [-0.4, -0.2) is 32.8 Å². The van der Waals surface area contributed by atoms with Gasteiger partial charge in [0.15, 0.2) is 0 Å². The molecule has 0 radical (unpaired) electrons. The Kier molecular flexibility index (Phi) is 3.54. The summed E-state index contributed by atoms with van der Waals surface area (Å²) in [6.45, 7) is 0. The number of aliphatic carboxylic acids is 1. The first-order chi connectivity index (χ1) is 7.30. The minimum absolute atomic E-state index is 0.120. The highest BCUT2D eigenvalue weighted by Crippen LogP contribution is 2.17. The summed E-state index contributed by atoms with van der Waals surface area (Å²) in [5.41, 5.74) is 1.03. The molecule has 0 saturated carbocycles. The molecule has 0 bridgehead atoms. The summed E-state index contributed by atoms with van der Waals surface area (Å²) in [6, 6.07) is 6.45. The number of nitrogens with zero attached hydrogens (tertiary/aromatic N) is 1. The molecule has 0 aromatic heterocycles. The summed E-state index contributed by atoms with van der Waals surface area (Å²) < 4.78 is 23.7. The third kappa shape index (κ3) is 3.23. The molecule has 88 valence electrons. The molecule has 6 heteroatoms. The van der Waals surface area contributed by atoms with Crippen molar-refractivity contribution in [3.8, 4) is 0 Å². The van der Waals surface area contributed by atoms with Crippen LogP contribution >= 0.6 is 0 Å². The summed E-state index contributed by atoms with van der Waals surface area (Å²) in [6.07, 6.45) is 0.975. The smallest absolute Gasteiger partial charge is 0.307 e. The van der Waals surface area contributed by atoms with E-state index in [0.717, 1.165) is 10.6 Å². The molecular formula is C10H13NO4S. The molecule has 1 aromatic rings. The quantitative estimate of drug-likeness (QED) is 0.845. The van der Waals surface area contributed by atoms with Crippen LogP contribution in [0.15, 0.2) is 24.3 Å². The van der Waals surface area contributed by atoms with Crippen molar-refractivity contribution in [2.75, 3.05) is 17.6 Å². The number of carboxylic acids is 1. The SMILES string of the molecule is CN(c1cccc(CC(=O)O)c1)S(C)(=O)=O. The fourth-order valence-corrected chi connectivity index (χ4v) is 1.72. The standard InChI is InChI=1S/C10H13NO4S/c1-11(16(2,14)15)9-5-3-4-8(6-9)7-10(12)13/h3-6H,7H2,1-2H3,(H,12,13). The van der Waals surface area contributed by atoms with Gasteiger partial charge in [-0.15, -0.1) is 0 Å². The highest BCUT2D eigenvalue weighted by molar-refractivity contribution is 7.92. The Balaban J connectivity index is 3.03. The van der Waals surface area contributed by atoms with Gasteiger partial charge in [-0.05, 0) is 17.7 Å². The number of carboxylic acid groups (broad SMARTS) is 1. The van der Waals surface area contributed by atoms with Gasteiger partial charge in [-0.25, -0.2) is 8.42 Å². The van der Waals surface area contributed by atoms with Crippen LogP contribution in [0, 0.1) is 0 Å². The molecule has 0 aliphatic rings. The first-order valence-electron chi connectivity index (χ1n) is 4.55. The molecule has 5 nitrogen and oxygen atoms in total. The molecule has 1 aromatic carbocycles. The van der Waals surface area contributed by atoms with Crippen molar-refractivity contribution in [1.82, 2.24) is 0 Å². The molecule has 1 rings (SSSR count). The van der Waals surface area contributed by atoms with Crippen molar-refractivity contribution in [2.24, 2.45) is 0 Å². The summed E-state index contributed by atoms with van der Waals surface area (Å²) >= 11 is 0. The number of hydrogen-bond donors (Lipinski definition) is 1. The number of benzene rings is 1. The Hall–Kier alpha value is -1.56. The fourth-order valence-electron chi connectivity index (χ4n) is 1.23. The second-order valence-corrected chi connectivity index (χ2v) is 5.48. The first kappa shape index (κ1) is 12.5. The molecule has 0 atom stereocenters. The molecule has 0 saturated heterocycles. The predicted molar refractivity (Wildman–Crippen MR) is 61.0 cm³/mol. The van der Waals surface area contributed by atoms with E-state index >= 15 is 0 Å². The lowest BCUT2D eigenvalue weighted by Crippen LogP contribution is -2.24. The van der Waals surface area contributed by atoms with Crippen LogP contribution in [0.1, 0.15) is 5.56 Å². The van der Waals surface area contributed by atoms with Gasteiger partial charge in [-0.2, -0.15) is 0 Å². The second-order valence-electron chi connectivity index (χ2n) is 3.47. The predicted octanol–water partition coefficient (Wildman–Crippen LogP) is 0.710. The van der Waals surface area contributed by atoms with E-state index in [1.54, 1.807) is 24.3 Å². The van der Waals surface area contributed by atoms with Crippen LogP contribution in [0.3, 0.4) is 0 Å². The third-order valence-electron chi connectivity index (χ3n) is 2.13. The number of carbonyl (C=O) groups is 1. The van der Waals surface area contributed by atoms with E-state index in [2.05, 4.69) is 0 Å². The van der Waals surface area contributed by atoms with Crippen LogP contribution in [0.25, 0.3) is 0 Å². The molecule has 0 spiro atoms. The van der Waals surface area contributed by atoms with Crippen molar-refractivity contribution in [3.05, 3.63) is 29.8 Å². The topological polar surface area (TPSA) is 74.7 Å². The monoisotopic (exact) mass is 243 g/mol. The van der Waals surface area contributed by atoms with Gasteiger partial charge in [0.05, 0.1) is 18.4 Å². The fraction of sp³-hybridized carbons (Fsp3) is 0.300. The zero-order chi connectivity index (χ0) is 12.3. The van der Waals surface area contributed by atoms with Gasteiger partial charge in [0.1, 0.15) is 0 Å². The summed E-state index contributed by atoms with van der Waals surface area (Å²) in [4.78, 5) is 10.5. The molecule has 0 amide bonds. The molecule has 0 fully saturated rings. The van der Waals surface area contributed by atoms with Crippen molar-refractivity contribution in [2.45, 2.75) is 6.42 Å². The van der Waals surface area contributed by atoms with Crippen molar-refractivity contribution >= 4 is 21.7 Å². The molecule has 0 unspecified atom stereocenters. The van der Waals surface area contributed by atoms with E-state index in [0.29, 0.717) is 11.3 Å². The Morgan fingerprint density at radius 3 is 2.56 bits per heavy atom. The third-order valence-corrected chi connectivity index (χ3v) is 3.33. The number of sulfonamides is 1. The Morgan fingerprint density at radius 1 is 1.44 bits per heavy atom. The van der Waals surface area contributed by atoms with E-state index < -0.39 is 16.0 Å². The Morgan fingerprint density at radius 2 is 2.06 bits per heavy atom. The summed E-state index contributed by atoms with van der Waals surface area (Å²) in [7, 11) is -1.89. The van der Waals surface area contributed by atoms with Gasteiger partial charge in [-0.3, -0.25) is 9.10 Å². The second kappa shape index (κ2) is 4.52. The van der Waals surface area contributed by atoms with Crippen molar-refractivity contribution in [1.29, 1.82) is 0 Å². The number of hydrogen-bond acceptors (Lipinski definition) is 3. The van der Waals surface area contributed by atoms with E-state index in [1.807, 2.05) is 0 Å². The maximum Gasteiger partial charge on any atom is 0.307 e. The largest absolute Gasteiger partial charge is 0.481 e. The van der Waals surface area contributed by atoms with Gasteiger partial charge in [0, 0.05) is 7.05 Å². The van der Waals surface area contributed by atoms with Gasteiger partial charge in [-0.1, -0.05) is 12.1 Å². The van der Waals surface area contributed by atoms with Gasteiger partial charge >= 0.3 is 5.97 Å². The summed E-state index contributed by atoms with van der Waals surface area (Å²) in [5, 5.41) is 8.62. The highest BCUT2D eigenvalue weighted by atomic mass is 32.2. The van der Waals surface area contributed by atoms with Gasteiger partial charge < -0.3 is 5.11 Å². The maximum absolute atomic E-state index is 11.3. The minimum atomic E-state index is -3.32. The van der Waals surface area contributed by atoms with Crippen molar-refractivity contribution < 1.29 is 18.3 Å². The van der Waals surface area contributed by atoms with Crippen LogP contribution in [0.5, 0.6) is 0 Å². The molecule has 1 N–H and O–H groups in total. The van der Waals surface area contributed by atoms with Gasteiger partial charge in [0.25, 0.3) is 0 Å². The Labute approximate surface area is 94.4 Å². The van der Waals surface area contributed by atoms with E-state index in [1.165, 1.54) is 7.05 Å². The van der Waals surface area contributed by atoms with Crippen molar-refractivity contribution in [3.63, 3.8) is 0 Å². The van der Waals surface area contributed by atoms with Crippen LogP contribution < -0.4 is 4.31 Å². The van der Waals surface area contributed by atoms with Crippen LogP contribution in [0.4, 0.5) is 5.69 Å². The first-order valence-corrected chi connectivity index (χ1v) is 6.40. The lowest BCUT2D eigenvalue weighted by Gasteiger charge is -2.17. The highest BCUT2D eigenvalue weighted by Gasteiger charge is 2.12. The van der Waals surface area contributed by atoms with Crippen LogP contribution in [0.2, 0.25) is 0 Å². The van der Waals surface area contributed by atoms with Gasteiger partial charge in [0.2, 0.25) is 10.0 Å². The molecular weight excluding hydrogens is 230 g/mol. The lowest BCUT2D eigenvalue weighted by atomic mass is 10.1. The lowest BCUT2D eigenvalue weighted by molar-refractivity contribution is -0.136.